The number of hydrogen-bond acceptors (Lipinski definition) is 6. The molecule has 180 valence electrons. The van der Waals surface area contributed by atoms with Gasteiger partial charge in [0.05, 0.1) is 25.9 Å². The summed E-state index contributed by atoms with van der Waals surface area (Å²) in [5.41, 5.74) is 0.949. The van der Waals surface area contributed by atoms with E-state index in [1.54, 1.807) is 26.4 Å². The summed E-state index contributed by atoms with van der Waals surface area (Å²) in [5.74, 6) is 2.61. The number of amides is 1. The lowest BCUT2D eigenvalue weighted by Crippen LogP contribution is -2.56. The standard InChI is InChI=1S/C27H31NO6/c1-31-19-8-10-22(32-2)20(16-19)26-21-5-3-4-12-27(21,30)13-14-28(26)25(29)11-7-18-6-9-23-24(15-18)34-17-33-23/h6-11,15-16,21,26,30H,3-5,12-14,17H2,1-2H3/t21-,26-,27-/m0/s1. The fourth-order valence-electron chi connectivity index (χ4n) is 5.66. The smallest absolute Gasteiger partial charge is 0.247 e. The maximum absolute atomic E-state index is 13.6. The van der Waals surface area contributed by atoms with Gasteiger partial charge in [0, 0.05) is 24.1 Å². The number of rotatable bonds is 5. The Morgan fingerprint density at radius 1 is 1.09 bits per heavy atom. The Labute approximate surface area is 199 Å². The zero-order chi connectivity index (χ0) is 23.7. The van der Waals surface area contributed by atoms with Crippen LogP contribution in [0.15, 0.2) is 42.5 Å². The molecule has 0 bridgehead atoms. The average molecular weight is 466 g/mol. The molecule has 0 aromatic heterocycles. The number of carbonyl (C=O) groups excluding carboxylic acids is 1. The third kappa shape index (κ3) is 4.09. The van der Waals surface area contributed by atoms with Crippen LogP contribution in [-0.2, 0) is 4.79 Å². The van der Waals surface area contributed by atoms with Crippen molar-refractivity contribution in [3.8, 4) is 23.0 Å². The van der Waals surface area contributed by atoms with E-state index in [0.717, 1.165) is 36.8 Å². The molecule has 2 aliphatic heterocycles. The van der Waals surface area contributed by atoms with Crippen LogP contribution < -0.4 is 18.9 Å². The van der Waals surface area contributed by atoms with Crippen molar-refractivity contribution in [1.29, 1.82) is 0 Å². The summed E-state index contributed by atoms with van der Waals surface area (Å²) in [6.45, 7) is 0.686. The number of nitrogens with zero attached hydrogens (tertiary/aromatic N) is 1. The number of benzene rings is 2. The molecule has 1 saturated heterocycles. The lowest BCUT2D eigenvalue weighted by molar-refractivity contribution is -0.151. The van der Waals surface area contributed by atoms with Gasteiger partial charge in [-0.2, -0.15) is 0 Å². The number of carbonyl (C=O) groups is 1. The molecule has 2 heterocycles. The van der Waals surface area contributed by atoms with Gasteiger partial charge in [-0.25, -0.2) is 0 Å². The van der Waals surface area contributed by atoms with Crippen LogP contribution in [0.1, 0.15) is 49.3 Å². The lowest BCUT2D eigenvalue weighted by atomic mass is 9.66. The van der Waals surface area contributed by atoms with Crippen LogP contribution in [0.3, 0.4) is 0 Å². The van der Waals surface area contributed by atoms with Gasteiger partial charge < -0.3 is 29.0 Å². The van der Waals surface area contributed by atoms with E-state index in [1.165, 1.54) is 0 Å². The molecule has 7 nitrogen and oxygen atoms in total. The molecule has 0 radical (unpaired) electrons. The van der Waals surface area contributed by atoms with Gasteiger partial charge in [-0.05, 0) is 61.2 Å². The van der Waals surface area contributed by atoms with Crippen LogP contribution in [0.25, 0.3) is 6.08 Å². The second-order valence-corrected chi connectivity index (χ2v) is 9.24. The SMILES string of the molecule is COc1ccc(OC)c([C@H]2[C@@H]3CCCC[C@]3(O)CCN2C(=O)C=Cc2ccc3c(c2)OCO3)c1. The van der Waals surface area contributed by atoms with Crippen molar-refractivity contribution in [2.24, 2.45) is 5.92 Å². The van der Waals surface area contributed by atoms with Gasteiger partial charge in [0.15, 0.2) is 11.5 Å². The molecule has 2 fully saturated rings. The van der Waals surface area contributed by atoms with Crippen LogP contribution in [0.2, 0.25) is 0 Å². The fourth-order valence-corrected chi connectivity index (χ4v) is 5.66. The zero-order valence-corrected chi connectivity index (χ0v) is 19.7. The van der Waals surface area contributed by atoms with Gasteiger partial charge >= 0.3 is 0 Å². The highest BCUT2D eigenvalue weighted by molar-refractivity contribution is 5.92. The van der Waals surface area contributed by atoms with Crippen molar-refractivity contribution in [3.63, 3.8) is 0 Å². The van der Waals surface area contributed by atoms with E-state index in [1.807, 2.05) is 41.3 Å². The molecular weight excluding hydrogens is 434 g/mol. The number of hydrogen-bond donors (Lipinski definition) is 1. The summed E-state index contributed by atoms with van der Waals surface area (Å²) in [4.78, 5) is 15.4. The van der Waals surface area contributed by atoms with Gasteiger partial charge in [-0.3, -0.25) is 4.79 Å². The summed E-state index contributed by atoms with van der Waals surface area (Å²) in [5, 5.41) is 11.6. The second kappa shape index (κ2) is 9.22. The summed E-state index contributed by atoms with van der Waals surface area (Å²) in [7, 11) is 3.26. The van der Waals surface area contributed by atoms with Gasteiger partial charge in [-0.15, -0.1) is 0 Å². The van der Waals surface area contributed by atoms with E-state index in [-0.39, 0.29) is 24.7 Å². The first-order valence-corrected chi connectivity index (χ1v) is 11.8. The van der Waals surface area contributed by atoms with Crippen LogP contribution >= 0.6 is 0 Å². The highest BCUT2D eigenvalue weighted by atomic mass is 16.7. The van der Waals surface area contributed by atoms with Crippen LogP contribution in [0.5, 0.6) is 23.0 Å². The molecule has 1 N–H and O–H groups in total. The second-order valence-electron chi connectivity index (χ2n) is 9.24. The van der Waals surface area contributed by atoms with Crippen LogP contribution in [-0.4, -0.2) is 49.1 Å². The Hall–Kier alpha value is -3.19. The summed E-state index contributed by atoms with van der Waals surface area (Å²) in [6, 6.07) is 11.0. The first kappa shape index (κ1) is 22.6. The summed E-state index contributed by atoms with van der Waals surface area (Å²) >= 11 is 0. The predicted octanol–water partition coefficient (Wildman–Crippen LogP) is 4.34. The van der Waals surface area contributed by atoms with Crippen molar-refractivity contribution in [3.05, 3.63) is 53.6 Å². The molecule has 5 rings (SSSR count). The van der Waals surface area contributed by atoms with Crippen LogP contribution in [0, 0.1) is 5.92 Å². The number of methoxy groups -OCH3 is 2. The van der Waals surface area contributed by atoms with E-state index in [2.05, 4.69) is 0 Å². The summed E-state index contributed by atoms with van der Waals surface area (Å²) < 4.78 is 22.0. The fraction of sp³-hybridized carbons (Fsp3) is 0.444. The van der Waals surface area contributed by atoms with E-state index < -0.39 is 5.60 Å². The van der Waals surface area contributed by atoms with Gasteiger partial charge in [-0.1, -0.05) is 18.9 Å². The molecule has 34 heavy (non-hydrogen) atoms. The number of aliphatic hydroxyl groups is 1. The third-order valence-electron chi connectivity index (χ3n) is 7.42. The first-order valence-electron chi connectivity index (χ1n) is 11.8. The molecule has 0 unspecified atom stereocenters. The number of ether oxygens (including phenoxy) is 4. The van der Waals surface area contributed by atoms with E-state index in [4.69, 9.17) is 18.9 Å². The average Bonchev–Trinajstić information content (AvgIpc) is 3.34. The molecule has 1 aliphatic carbocycles. The highest BCUT2D eigenvalue weighted by Gasteiger charge is 2.50. The lowest BCUT2D eigenvalue weighted by Gasteiger charge is -2.52. The van der Waals surface area contributed by atoms with Gasteiger partial charge in [0.2, 0.25) is 12.7 Å². The topological polar surface area (TPSA) is 77.5 Å². The predicted molar refractivity (Wildman–Crippen MR) is 127 cm³/mol. The maximum atomic E-state index is 13.6. The van der Waals surface area contributed by atoms with Crippen molar-refractivity contribution < 1.29 is 28.8 Å². The molecule has 0 spiro atoms. The Balaban J connectivity index is 1.49. The number of fused-ring (bicyclic) bond motifs is 2. The molecule has 7 heteroatoms. The molecule has 3 aliphatic rings. The first-order chi connectivity index (χ1) is 16.5. The third-order valence-corrected chi connectivity index (χ3v) is 7.42. The monoisotopic (exact) mass is 465 g/mol. The zero-order valence-electron chi connectivity index (χ0n) is 19.7. The Bertz CT molecular complexity index is 1100. The van der Waals surface area contributed by atoms with E-state index in [0.29, 0.717) is 36.0 Å². The maximum Gasteiger partial charge on any atom is 0.247 e. The van der Waals surface area contributed by atoms with Crippen molar-refractivity contribution >= 4 is 12.0 Å². The molecule has 3 atom stereocenters. The number of piperidine rings is 1. The van der Waals surface area contributed by atoms with Crippen molar-refractivity contribution in [1.82, 2.24) is 4.90 Å². The Morgan fingerprint density at radius 2 is 1.94 bits per heavy atom. The minimum absolute atomic E-state index is 0.0705. The minimum atomic E-state index is -0.783. The van der Waals surface area contributed by atoms with Crippen molar-refractivity contribution in [2.45, 2.75) is 43.7 Å². The van der Waals surface area contributed by atoms with E-state index >= 15 is 0 Å². The van der Waals surface area contributed by atoms with Gasteiger partial charge in [0.1, 0.15) is 11.5 Å². The molecule has 2 aromatic carbocycles. The largest absolute Gasteiger partial charge is 0.497 e. The summed E-state index contributed by atoms with van der Waals surface area (Å²) in [6.07, 6.45) is 7.63. The number of likely N-dealkylation sites (tertiary alicyclic amines) is 1. The Kier molecular flexibility index (Phi) is 6.13. The normalized spacial score (nSPS) is 25.8. The molecular formula is C27H31NO6. The molecule has 2 aromatic rings. The van der Waals surface area contributed by atoms with E-state index in [9.17, 15) is 9.90 Å². The van der Waals surface area contributed by atoms with Gasteiger partial charge in [0.25, 0.3) is 0 Å². The highest BCUT2D eigenvalue weighted by Crippen LogP contribution is 2.51. The van der Waals surface area contributed by atoms with Crippen LogP contribution in [0.4, 0.5) is 0 Å². The minimum Gasteiger partial charge on any atom is -0.497 e. The van der Waals surface area contributed by atoms with Crippen molar-refractivity contribution in [2.75, 3.05) is 27.6 Å². The Morgan fingerprint density at radius 3 is 2.76 bits per heavy atom. The molecule has 1 saturated carbocycles. The molecule has 1 amide bonds. The quantitative estimate of drug-likeness (QED) is 0.662.